The van der Waals surface area contributed by atoms with Crippen LogP contribution < -0.4 is 5.32 Å². The van der Waals surface area contributed by atoms with Crippen molar-refractivity contribution in [3.8, 4) is 0 Å². The number of ketones is 1. The van der Waals surface area contributed by atoms with Crippen molar-refractivity contribution in [1.29, 1.82) is 0 Å². The quantitative estimate of drug-likeness (QED) is 0.547. The zero-order chi connectivity index (χ0) is 16.0. The SMILES string of the molecule is COCCCC(NC(=O)c1cc(C(C)=O)cn1C)C(=O)O. The number of ether oxygens (including phenoxy) is 1. The summed E-state index contributed by atoms with van der Waals surface area (Å²) in [5.74, 6) is -1.77. The van der Waals surface area contributed by atoms with Gasteiger partial charge in [0.1, 0.15) is 11.7 Å². The minimum atomic E-state index is -1.10. The number of carbonyl (C=O) groups excluding carboxylic acids is 2. The van der Waals surface area contributed by atoms with E-state index in [1.165, 1.54) is 30.9 Å². The van der Waals surface area contributed by atoms with Crippen LogP contribution in [0.15, 0.2) is 12.3 Å². The number of carboxylic acid groups (broad SMARTS) is 1. The third-order valence-electron chi connectivity index (χ3n) is 3.09. The van der Waals surface area contributed by atoms with E-state index in [1.807, 2.05) is 0 Å². The zero-order valence-corrected chi connectivity index (χ0v) is 12.4. The Bertz CT molecular complexity index is 535. The van der Waals surface area contributed by atoms with Gasteiger partial charge in [-0.1, -0.05) is 0 Å². The monoisotopic (exact) mass is 296 g/mol. The van der Waals surface area contributed by atoms with Gasteiger partial charge in [-0.25, -0.2) is 4.79 Å². The molecule has 1 aromatic heterocycles. The van der Waals surface area contributed by atoms with Crippen molar-refractivity contribution in [1.82, 2.24) is 9.88 Å². The first-order chi connectivity index (χ1) is 9.86. The van der Waals surface area contributed by atoms with Crippen LogP contribution in [0.25, 0.3) is 0 Å². The van der Waals surface area contributed by atoms with Crippen LogP contribution >= 0.6 is 0 Å². The number of hydrogen-bond donors (Lipinski definition) is 2. The molecule has 1 amide bonds. The van der Waals surface area contributed by atoms with E-state index >= 15 is 0 Å². The molecule has 0 saturated carbocycles. The third-order valence-corrected chi connectivity index (χ3v) is 3.09. The average molecular weight is 296 g/mol. The van der Waals surface area contributed by atoms with Crippen molar-refractivity contribution < 1.29 is 24.2 Å². The predicted octanol–water partition coefficient (Wildman–Crippen LogP) is 0.837. The van der Waals surface area contributed by atoms with Crippen LogP contribution in [0.3, 0.4) is 0 Å². The van der Waals surface area contributed by atoms with Gasteiger partial charge in [-0.15, -0.1) is 0 Å². The second kappa shape index (κ2) is 7.58. The molecule has 0 aliphatic heterocycles. The van der Waals surface area contributed by atoms with Gasteiger partial charge >= 0.3 is 5.97 Å². The number of aromatic nitrogens is 1. The standard InChI is InChI=1S/C14H20N2O5/c1-9(17)10-7-12(16(2)8-10)13(18)15-11(14(19)20)5-4-6-21-3/h7-8,11H,4-6H2,1-3H3,(H,15,18)(H,19,20). The summed E-state index contributed by atoms with van der Waals surface area (Å²) in [6, 6.07) is 0.467. The maximum absolute atomic E-state index is 12.1. The number of aliphatic carboxylic acids is 1. The number of carbonyl (C=O) groups is 3. The number of hydrogen-bond acceptors (Lipinski definition) is 4. The molecule has 0 fully saturated rings. The lowest BCUT2D eigenvalue weighted by Gasteiger charge is -2.14. The summed E-state index contributed by atoms with van der Waals surface area (Å²) in [7, 11) is 3.16. The van der Waals surface area contributed by atoms with E-state index in [2.05, 4.69) is 5.32 Å². The Balaban J connectivity index is 2.77. The molecule has 0 aromatic carbocycles. The highest BCUT2D eigenvalue weighted by atomic mass is 16.5. The number of methoxy groups -OCH3 is 1. The Kier molecular flexibility index (Phi) is 6.10. The molecule has 0 spiro atoms. The summed E-state index contributed by atoms with van der Waals surface area (Å²) >= 11 is 0. The van der Waals surface area contributed by atoms with E-state index in [0.717, 1.165) is 0 Å². The number of nitrogens with zero attached hydrogens (tertiary/aromatic N) is 1. The van der Waals surface area contributed by atoms with Crippen LogP contribution in [-0.2, 0) is 16.6 Å². The summed E-state index contributed by atoms with van der Waals surface area (Å²) in [6.45, 7) is 1.83. The van der Waals surface area contributed by atoms with Crippen LogP contribution in [0, 0.1) is 0 Å². The number of rotatable bonds is 8. The normalized spacial score (nSPS) is 12.0. The fourth-order valence-electron chi connectivity index (χ4n) is 1.90. The summed E-state index contributed by atoms with van der Waals surface area (Å²) in [4.78, 5) is 34.5. The highest BCUT2D eigenvalue weighted by Crippen LogP contribution is 2.09. The summed E-state index contributed by atoms with van der Waals surface area (Å²) < 4.78 is 6.36. The van der Waals surface area contributed by atoms with Crippen LogP contribution in [0.5, 0.6) is 0 Å². The van der Waals surface area contributed by atoms with Gasteiger partial charge in [-0.2, -0.15) is 0 Å². The van der Waals surface area contributed by atoms with Crippen molar-refractivity contribution in [2.45, 2.75) is 25.8 Å². The molecule has 7 nitrogen and oxygen atoms in total. The first-order valence-corrected chi connectivity index (χ1v) is 6.56. The van der Waals surface area contributed by atoms with Gasteiger partial charge in [0.25, 0.3) is 5.91 Å². The van der Waals surface area contributed by atoms with Crippen molar-refractivity contribution >= 4 is 17.7 Å². The molecule has 1 aromatic rings. The van der Waals surface area contributed by atoms with Crippen LogP contribution in [0.1, 0.15) is 40.6 Å². The molecule has 21 heavy (non-hydrogen) atoms. The molecule has 0 saturated heterocycles. The molecule has 1 rings (SSSR count). The van der Waals surface area contributed by atoms with Crippen molar-refractivity contribution in [2.75, 3.05) is 13.7 Å². The minimum Gasteiger partial charge on any atom is -0.480 e. The van der Waals surface area contributed by atoms with E-state index in [1.54, 1.807) is 7.05 Å². The molecule has 0 aliphatic rings. The summed E-state index contributed by atoms with van der Waals surface area (Å²) in [5, 5.41) is 11.6. The van der Waals surface area contributed by atoms with Crippen molar-refractivity contribution in [3.05, 3.63) is 23.5 Å². The van der Waals surface area contributed by atoms with E-state index in [4.69, 9.17) is 9.84 Å². The minimum absolute atomic E-state index is 0.153. The van der Waals surface area contributed by atoms with Crippen molar-refractivity contribution in [3.63, 3.8) is 0 Å². The highest BCUT2D eigenvalue weighted by molar-refractivity contribution is 6.00. The molecule has 116 valence electrons. The third kappa shape index (κ3) is 4.71. The lowest BCUT2D eigenvalue weighted by Crippen LogP contribution is -2.41. The van der Waals surface area contributed by atoms with Gasteiger partial charge in [0.05, 0.1) is 0 Å². The maximum atomic E-state index is 12.1. The fourth-order valence-corrected chi connectivity index (χ4v) is 1.90. The van der Waals surface area contributed by atoms with E-state index < -0.39 is 17.9 Å². The number of amides is 1. The fraction of sp³-hybridized carbons (Fsp3) is 0.500. The second-order valence-electron chi connectivity index (χ2n) is 4.78. The zero-order valence-electron chi connectivity index (χ0n) is 12.4. The van der Waals surface area contributed by atoms with Gasteiger partial charge in [0.15, 0.2) is 5.78 Å². The largest absolute Gasteiger partial charge is 0.480 e. The number of aryl methyl sites for hydroxylation is 1. The lowest BCUT2D eigenvalue weighted by molar-refractivity contribution is -0.139. The molecule has 1 heterocycles. The molecule has 0 bridgehead atoms. The molecule has 7 heteroatoms. The maximum Gasteiger partial charge on any atom is 0.326 e. The Labute approximate surface area is 122 Å². The Morgan fingerprint density at radius 2 is 2.10 bits per heavy atom. The lowest BCUT2D eigenvalue weighted by atomic mass is 10.1. The van der Waals surface area contributed by atoms with Crippen LogP contribution in [0.4, 0.5) is 0 Å². The number of carboxylic acids is 1. The predicted molar refractivity (Wildman–Crippen MR) is 75.4 cm³/mol. The average Bonchev–Trinajstić information content (AvgIpc) is 2.80. The Morgan fingerprint density at radius 1 is 1.43 bits per heavy atom. The Morgan fingerprint density at radius 3 is 2.57 bits per heavy atom. The number of nitrogens with one attached hydrogen (secondary N) is 1. The topological polar surface area (TPSA) is 97.6 Å². The Hall–Kier alpha value is -2.15. The summed E-state index contributed by atoms with van der Waals surface area (Å²) in [6.07, 6.45) is 2.34. The first kappa shape index (κ1) is 16.9. The van der Waals surface area contributed by atoms with Crippen LogP contribution in [0.2, 0.25) is 0 Å². The van der Waals surface area contributed by atoms with Crippen LogP contribution in [-0.4, -0.2) is 47.1 Å². The van der Waals surface area contributed by atoms with Gasteiger partial charge in [0.2, 0.25) is 0 Å². The molecule has 2 N–H and O–H groups in total. The smallest absolute Gasteiger partial charge is 0.326 e. The van der Waals surface area contributed by atoms with Gasteiger partial charge in [0, 0.05) is 32.5 Å². The molecule has 1 atom stereocenters. The van der Waals surface area contributed by atoms with Gasteiger partial charge in [-0.3, -0.25) is 9.59 Å². The van der Waals surface area contributed by atoms with E-state index in [9.17, 15) is 14.4 Å². The van der Waals surface area contributed by atoms with Crippen molar-refractivity contribution in [2.24, 2.45) is 7.05 Å². The molecule has 0 radical (unpaired) electrons. The molecule has 0 aliphatic carbocycles. The highest BCUT2D eigenvalue weighted by Gasteiger charge is 2.22. The summed E-state index contributed by atoms with van der Waals surface area (Å²) in [5.41, 5.74) is 0.659. The molecular formula is C14H20N2O5. The first-order valence-electron chi connectivity index (χ1n) is 6.56. The second-order valence-corrected chi connectivity index (χ2v) is 4.78. The van der Waals surface area contributed by atoms with Gasteiger partial charge < -0.3 is 19.7 Å². The molecular weight excluding hydrogens is 276 g/mol. The van der Waals surface area contributed by atoms with E-state index in [-0.39, 0.29) is 17.9 Å². The van der Waals surface area contributed by atoms with Gasteiger partial charge in [-0.05, 0) is 25.8 Å². The molecule has 1 unspecified atom stereocenters. The number of Topliss-reactive ketones (excluding diaryl/α,β-unsaturated/α-hetero) is 1. The van der Waals surface area contributed by atoms with E-state index in [0.29, 0.717) is 18.6 Å².